The molecule has 0 amide bonds. The Morgan fingerprint density at radius 1 is 0.651 bits per heavy atom. The summed E-state index contributed by atoms with van der Waals surface area (Å²) < 4.78 is 57.6. The largest absolute Gasteiger partial charge is 0.410 e. The lowest BCUT2D eigenvalue weighted by atomic mass is 10.0. The highest BCUT2D eigenvalue weighted by Crippen LogP contribution is 2.49. The van der Waals surface area contributed by atoms with Crippen LogP contribution in [0.1, 0.15) is 22.3 Å². The minimum Gasteiger partial charge on any atom is -0.410 e. The van der Waals surface area contributed by atoms with Crippen molar-refractivity contribution in [1.82, 2.24) is 0 Å². The Hall–Kier alpha value is -5.35. The number of benzene rings is 4. The van der Waals surface area contributed by atoms with Crippen molar-refractivity contribution in [3.8, 4) is 11.1 Å². The predicted octanol–water partition coefficient (Wildman–Crippen LogP) is 4.93. The fourth-order valence-corrected chi connectivity index (χ4v) is 6.83. The fourth-order valence-electron chi connectivity index (χ4n) is 4.62. The molecule has 14 nitrogen and oxygen atoms in total. The third-order valence-electron chi connectivity index (χ3n) is 6.66. The van der Waals surface area contributed by atoms with Crippen molar-refractivity contribution < 1.29 is 31.9 Å². The van der Waals surface area contributed by atoms with Crippen molar-refractivity contribution in [2.24, 2.45) is 5.16 Å². The molecule has 220 valence electrons. The molecule has 0 saturated heterocycles. The Labute approximate surface area is 244 Å². The van der Waals surface area contributed by atoms with E-state index >= 15 is 0 Å². The third-order valence-corrected chi connectivity index (χ3v) is 9.39. The molecule has 4 aromatic carbocycles. The van der Waals surface area contributed by atoms with Crippen LogP contribution in [-0.4, -0.2) is 37.6 Å². The molecule has 16 heteroatoms. The first kappa shape index (κ1) is 29.2. The van der Waals surface area contributed by atoms with Gasteiger partial charge in [-0.05, 0) is 50.2 Å². The number of rotatable bonds is 8. The predicted molar refractivity (Wildman–Crippen MR) is 157 cm³/mol. The van der Waals surface area contributed by atoms with Crippen molar-refractivity contribution in [3.63, 3.8) is 0 Å². The monoisotopic (exact) mass is 623 g/mol. The van der Waals surface area contributed by atoms with Gasteiger partial charge in [0.15, 0.2) is 0 Å². The number of fused-ring (bicyclic) bond motifs is 3. The van der Waals surface area contributed by atoms with E-state index < -0.39 is 67.9 Å². The quantitative estimate of drug-likeness (QED) is 0.121. The molecule has 0 saturated carbocycles. The van der Waals surface area contributed by atoms with Gasteiger partial charge in [-0.2, -0.15) is 0 Å². The highest BCUT2D eigenvalue weighted by atomic mass is 32.2. The van der Waals surface area contributed by atoms with E-state index in [-0.39, 0.29) is 22.5 Å². The first-order valence-corrected chi connectivity index (χ1v) is 15.3. The van der Waals surface area contributed by atoms with Gasteiger partial charge in [-0.25, -0.2) is 16.8 Å². The van der Waals surface area contributed by atoms with Crippen LogP contribution < -0.4 is 9.44 Å². The maximum atomic E-state index is 13.3. The number of hydrogen-bond donors (Lipinski definition) is 3. The summed E-state index contributed by atoms with van der Waals surface area (Å²) in [6, 6.07) is 15.9. The number of anilines is 2. The van der Waals surface area contributed by atoms with Crippen LogP contribution in [0.5, 0.6) is 0 Å². The molecule has 1 aliphatic carbocycles. The second kappa shape index (κ2) is 10.5. The van der Waals surface area contributed by atoms with Crippen LogP contribution in [0.4, 0.5) is 22.7 Å². The van der Waals surface area contributed by atoms with Crippen LogP contribution in [0.25, 0.3) is 11.1 Å². The molecule has 43 heavy (non-hydrogen) atoms. The van der Waals surface area contributed by atoms with Crippen LogP contribution in [0.2, 0.25) is 0 Å². The molecule has 5 rings (SSSR count). The molecule has 0 fully saturated rings. The van der Waals surface area contributed by atoms with Gasteiger partial charge in [0.2, 0.25) is 0 Å². The van der Waals surface area contributed by atoms with Gasteiger partial charge in [0.1, 0.15) is 5.71 Å². The molecule has 0 radical (unpaired) electrons. The Bertz CT molecular complexity index is 1930. The van der Waals surface area contributed by atoms with E-state index in [1.807, 2.05) is 0 Å². The number of hydrogen-bond acceptors (Lipinski definition) is 10. The van der Waals surface area contributed by atoms with E-state index in [9.17, 15) is 42.3 Å². The molecule has 0 spiro atoms. The zero-order chi connectivity index (χ0) is 31.3. The average molecular weight is 624 g/mol. The van der Waals surface area contributed by atoms with Gasteiger partial charge in [-0.15, -0.1) is 0 Å². The van der Waals surface area contributed by atoms with Crippen LogP contribution in [0, 0.1) is 34.1 Å². The highest BCUT2D eigenvalue weighted by molar-refractivity contribution is 7.93. The molecule has 0 unspecified atom stereocenters. The van der Waals surface area contributed by atoms with Crippen LogP contribution in [-0.2, 0) is 20.0 Å². The van der Waals surface area contributed by atoms with Gasteiger partial charge in [-0.1, -0.05) is 40.5 Å². The molecular weight excluding hydrogens is 602 g/mol. The second-order valence-electron chi connectivity index (χ2n) is 9.64. The van der Waals surface area contributed by atoms with Crippen molar-refractivity contribution in [1.29, 1.82) is 0 Å². The zero-order valence-corrected chi connectivity index (χ0v) is 23.9. The summed E-state index contributed by atoms with van der Waals surface area (Å²) in [5.74, 6) is 0. The van der Waals surface area contributed by atoms with Crippen LogP contribution in [0.15, 0.2) is 87.7 Å². The lowest BCUT2D eigenvalue weighted by Crippen LogP contribution is -2.14. The number of nitro groups is 2. The lowest BCUT2D eigenvalue weighted by Gasteiger charge is -2.11. The van der Waals surface area contributed by atoms with Gasteiger partial charge in [0.05, 0.1) is 30.8 Å². The third kappa shape index (κ3) is 5.35. The van der Waals surface area contributed by atoms with Gasteiger partial charge in [-0.3, -0.25) is 29.7 Å². The molecule has 0 heterocycles. The first-order valence-electron chi connectivity index (χ1n) is 12.3. The van der Waals surface area contributed by atoms with E-state index in [2.05, 4.69) is 14.6 Å². The van der Waals surface area contributed by atoms with Gasteiger partial charge >= 0.3 is 0 Å². The number of oxime groups is 1. The van der Waals surface area contributed by atoms with Crippen molar-refractivity contribution >= 4 is 48.5 Å². The van der Waals surface area contributed by atoms with Crippen LogP contribution >= 0.6 is 0 Å². The molecule has 0 bridgehead atoms. The fraction of sp³-hybridized carbons (Fsp3) is 0.0741. The summed E-state index contributed by atoms with van der Waals surface area (Å²) in [5.41, 5.74) is -1.55. The summed E-state index contributed by atoms with van der Waals surface area (Å²) in [4.78, 5) is 21.3. The standard InChI is InChI=1S/C27H21N5O9S2/c1-15-3-7-17(8-4-15)29-42(38,39)19-11-21-25(23(13-19)31(34)35)26-22(27(21)28-33)12-20(14-24(26)32(36)37)43(40,41)30-18-9-5-16(2)6-10-18/h3-14,29-30,33H,1-2H3. The summed E-state index contributed by atoms with van der Waals surface area (Å²) in [6.07, 6.45) is 0. The summed E-state index contributed by atoms with van der Waals surface area (Å²) >= 11 is 0. The SMILES string of the molecule is Cc1ccc(NS(=O)(=O)c2cc3c(c([N+](=O)[O-])c2)-c2c(cc(S(=O)(=O)Nc4ccc(C)cc4)cc2[N+](=O)[O-])C3=NO)cc1. The Morgan fingerprint density at radius 2 is 1.00 bits per heavy atom. The highest BCUT2D eigenvalue weighted by Gasteiger charge is 2.41. The number of nitrogens with zero attached hydrogens (tertiary/aromatic N) is 3. The Kier molecular flexibility index (Phi) is 7.11. The summed E-state index contributed by atoms with van der Waals surface area (Å²) in [7, 11) is -8.90. The number of nitro benzene ring substituents is 2. The molecule has 0 atom stereocenters. The number of aryl methyl sites for hydroxylation is 2. The minimum atomic E-state index is -4.45. The minimum absolute atomic E-state index is 0.166. The molecule has 0 aliphatic heterocycles. The smallest absolute Gasteiger partial charge is 0.279 e. The summed E-state index contributed by atoms with van der Waals surface area (Å²) in [5, 5.41) is 37.5. The Morgan fingerprint density at radius 3 is 1.30 bits per heavy atom. The molecular formula is C27H21N5O9S2. The number of sulfonamides is 2. The van der Waals surface area contributed by atoms with Crippen molar-refractivity contribution in [3.05, 3.63) is 115 Å². The normalized spacial score (nSPS) is 12.3. The van der Waals surface area contributed by atoms with E-state index in [1.165, 1.54) is 24.3 Å². The summed E-state index contributed by atoms with van der Waals surface area (Å²) in [6.45, 7) is 3.59. The van der Waals surface area contributed by atoms with Crippen LogP contribution in [0.3, 0.4) is 0 Å². The van der Waals surface area contributed by atoms with E-state index in [1.54, 1.807) is 38.1 Å². The lowest BCUT2D eigenvalue weighted by molar-refractivity contribution is -0.386. The topological polar surface area (TPSA) is 211 Å². The average Bonchev–Trinajstić information content (AvgIpc) is 3.27. The Balaban J connectivity index is 1.69. The maximum absolute atomic E-state index is 13.3. The van der Waals surface area contributed by atoms with E-state index in [0.717, 1.165) is 35.4 Å². The van der Waals surface area contributed by atoms with Gasteiger partial charge in [0, 0.05) is 34.6 Å². The van der Waals surface area contributed by atoms with Crippen molar-refractivity contribution in [2.75, 3.05) is 9.44 Å². The zero-order valence-electron chi connectivity index (χ0n) is 22.3. The number of nitrogens with one attached hydrogen (secondary N) is 2. The van der Waals surface area contributed by atoms with Gasteiger partial charge in [0.25, 0.3) is 31.4 Å². The molecule has 3 N–H and O–H groups in total. The van der Waals surface area contributed by atoms with Crippen molar-refractivity contribution in [2.45, 2.75) is 23.6 Å². The van der Waals surface area contributed by atoms with E-state index in [0.29, 0.717) is 0 Å². The molecule has 0 aromatic heterocycles. The van der Waals surface area contributed by atoms with E-state index in [4.69, 9.17) is 0 Å². The first-order chi connectivity index (χ1) is 20.2. The van der Waals surface area contributed by atoms with Gasteiger partial charge < -0.3 is 5.21 Å². The maximum Gasteiger partial charge on any atom is 0.279 e. The second-order valence-corrected chi connectivity index (χ2v) is 13.0. The molecule has 4 aromatic rings. The molecule has 1 aliphatic rings.